The van der Waals surface area contributed by atoms with Gasteiger partial charge in [0.25, 0.3) is 0 Å². The van der Waals surface area contributed by atoms with Crippen LogP contribution in [0.2, 0.25) is 0 Å². The molecule has 24 heavy (non-hydrogen) atoms. The number of aromatic nitrogens is 2. The van der Waals surface area contributed by atoms with Crippen LogP contribution in [0.4, 0.5) is 10.5 Å². The first-order valence-corrected chi connectivity index (χ1v) is 9.15. The molecule has 2 amide bonds. The van der Waals surface area contributed by atoms with Crippen LogP contribution in [0.5, 0.6) is 0 Å². The molecule has 1 aromatic carbocycles. The molecule has 2 aliphatic rings. The van der Waals surface area contributed by atoms with Crippen LogP contribution in [0.25, 0.3) is 10.9 Å². The number of rotatable bonds is 3. The van der Waals surface area contributed by atoms with E-state index >= 15 is 0 Å². The van der Waals surface area contributed by atoms with E-state index < -0.39 is 0 Å². The van der Waals surface area contributed by atoms with Gasteiger partial charge in [0, 0.05) is 30.2 Å². The molecular formula is C19H26N4O. The van der Waals surface area contributed by atoms with Crippen molar-refractivity contribution < 1.29 is 4.79 Å². The molecule has 1 unspecified atom stereocenters. The molecule has 4 rings (SSSR count). The predicted molar refractivity (Wildman–Crippen MR) is 96.2 cm³/mol. The van der Waals surface area contributed by atoms with Crippen LogP contribution in [0.3, 0.4) is 0 Å². The molecule has 5 heteroatoms. The van der Waals surface area contributed by atoms with Gasteiger partial charge >= 0.3 is 6.03 Å². The van der Waals surface area contributed by atoms with Crippen molar-refractivity contribution in [2.45, 2.75) is 45.6 Å². The Morgan fingerprint density at radius 1 is 1.25 bits per heavy atom. The van der Waals surface area contributed by atoms with Gasteiger partial charge in [0.1, 0.15) is 0 Å². The third-order valence-electron chi connectivity index (χ3n) is 5.37. The molecule has 0 bridgehead atoms. The van der Waals surface area contributed by atoms with Crippen molar-refractivity contribution in [2.75, 3.05) is 18.4 Å². The average Bonchev–Trinajstić information content (AvgIpc) is 3.34. The molecule has 1 aromatic heterocycles. The number of nitrogens with one attached hydrogen (secondary N) is 1. The van der Waals surface area contributed by atoms with Gasteiger partial charge in [-0.1, -0.05) is 0 Å². The zero-order chi connectivity index (χ0) is 16.7. The Balaban J connectivity index is 1.48. The molecule has 2 heterocycles. The molecule has 2 aromatic rings. The maximum Gasteiger partial charge on any atom is 0.321 e. The van der Waals surface area contributed by atoms with E-state index in [1.165, 1.54) is 19.3 Å². The SMILES string of the molecule is CC(C)n1ncc2ccc(NC(=O)N3CCCC(C4CC4)C3)cc21. The van der Waals surface area contributed by atoms with Crippen molar-refractivity contribution in [1.82, 2.24) is 14.7 Å². The Kier molecular flexibility index (Phi) is 3.94. The summed E-state index contributed by atoms with van der Waals surface area (Å²) in [6.07, 6.45) is 7.01. The highest BCUT2D eigenvalue weighted by molar-refractivity contribution is 5.92. The van der Waals surface area contributed by atoms with E-state index in [-0.39, 0.29) is 6.03 Å². The standard InChI is InChI=1S/C19H26N4O/c1-13(2)23-18-10-17(8-7-15(18)11-20-23)21-19(24)22-9-3-4-16(12-22)14-5-6-14/h7-8,10-11,13-14,16H,3-6,9,12H2,1-2H3,(H,21,24). The summed E-state index contributed by atoms with van der Waals surface area (Å²) in [5.41, 5.74) is 1.92. The van der Waals surface area contributed by atoms with Crippen molar-refractivity contribution in [3.63, 3.8) is 0 Å². The minimum atomic E-state index is 0.0373. The largest absolute Gasteiger partial charge is 0.324 e. The van der Waals surface area contributed by atoms with Crippen molar-refractivity contribution in [1.29, 1.82) is 0 Å². The summed E-state index contributed by atoms with van der Waals surface area (Å²) in [6.45, 7) is 6.02. The molecule has 1 saturated carbocycles. The second-order valence-electron chi connectivity index (χ2n) is 7.57. The number of hydrogen-bond acceptors (Lipinski definition) is 2. The summed E-state index contributed by atoms with van der Waals surface area (Å²) in [5.74, 6) is 1.59. The number of carbonyl (C=O) groups is 1. The van der Waals surface area contributed by atoms with Crippen molar-refractivity contribution in [3.8, 4) is 0 Å². The molecule has 5 nitrogen and oxygen atoms in total. The van der Waals surface area contributed by atoms with E-state index in [0.717, 1.165) is 42.0 Å². The van der Waals surface area contributed by atoms with E-state index in [4.69, 9.17) is 0 Å². The first-order chi connectivity index (χ1) is 11.6. The number of likely N-dealkylation sites (tertiary alicyclic amines) is 1. The minimum absolute atomic E-state index is 0.0373. The Labute approximate surface area is 143 Å². The topological polar surface area (TPSA) is 50.2 Å². The Morgan fingerprint density at radius 2 is 2.08 bits per heavy atom. The fraction of sp³-hybridized carbons (Fsp3) is 0.579. The summed E-state index contributed by atoms with van der Waals surface area (Å²) in [5, 5.41) is 8.63. The quantitative estimate of drug-likeness (QED) is 0.915. The number of carbonyl (C=O) groups excluding carboxylic acids is 1. The number of benzene rings is 1. The molecule has 1 aliphatic carbocycles. The molecule has 1 aliphatic heterocycles. The van der Waals surface area contributed by atoms with Crippen LogP contribution in [-0.4, -0.2) is 33.8 Å². The van der Waals surface area contributed by atoms with E-state index in [1.807, 2.05) is 34.0 Å². The van der Waals surface area contributed by atoms with Gasteiger partial charge in [-0.2, -0.15) is 5.10 Å². The third kappa shape index (κ3) is 2.99. The molecule has 1 saturated heterocycles. The number of fused-ring (bicyclic) bond motifs is 1. The molecule has 0 radical (unpaired) electrons. The highest BCUT2D eigenvalue weighted by atomic mass is 16.2. The zero-order valence-corrected chi connectivity index (χ0v) is 14.5. The number of nitrogens with zero attached hydrogens (tertiary/aromatic N) is 3. The number of hydrogen-bond donors (Lipinski definition) is 1. The van der Waals surface area contributed by atoms with Gasteiger partial charge in [0.2, 0.25) is 0 Å². The summed E-state index contributed by atoms with van der Waals surface area (Å²) in [4.78, 5) is 14.6. The van der Waals surface area contributed by atoms with Gasteiger partial charge in [0.15, 0.2) is 0 Å². The van der Waals surface area contributed by atoms with Crippen molar-refractivity contribution in [2.24, 2.45) is 11.8 Å². The van der Waals surface area contributed by atoms with Crippen LogP contribution in [-0.2, 0) is 0 Å². The van der Waals surface area contributed by atoms with Gasteiger partial charge in [-0.05, 0) is 69.6 Å². The number of amides is 2. The lowest BCUT2D eigenvalue weighted by Gasteiger charge is -2.33. The van der Waals surface area contributed by atoms with Crippen molar-refractivity contribution in [3.05, 3.63) is 24.4 Å². The predicted octanol–water partition coefficient (Wildman–Crippen LogP) is 4.27. The summed E-state index contributed by atoms with van der Waals surface area (Å²) < 4.78 is 2.00. The first kappa shape index (κ1) is 15.5. The maximum absolute atomic E-state index is 12.6. The second-order valence-corrected chi connectivity index (χ2v) is 7.57. The normalized spacial score (nSPS) is 21.5. The van der Waals surface area contributed by atoms with Gasteiger partial charge in [-0.25, -0.2) is 4.79 Å². The number of anilines is 1. The fourth-order valence-electron chi connectivity index (χ4n) is 3.88. The summed E-state index contributed by atoms with van der Waals surface area (Å²) in [7, 11) is 0. The van der Waals surface area contributed by atoms with Crippen LogP contribution in [0.1, 0.15) is 45.6 Å². The smallest absolute Gasteiger partial charge is 0.321 e. The molecule has 0 spiro atoms. The van der Waals surface area contributed by atoms with Gasteiger partial charge < -0.3 is 10.2 Å². The van der Waals surface area contributed by atoms with E-state index in [9.17, 15) is 4.79 Å². The molecule has 2 fully saturated rings. The highest BCUT2D eigenvalue weighted by Crippen LogP contribution is 2.41. The lowest BCUT2D eigenvalue weighted by Crippen LogP contribution is -2.42. The molecular weight excluding hydrogens is 300 g/mol. The van der Waals surface area contributed by atoms with Crippen LogP contribution >= 0.6 is 0 Å². The van der Waals surface area contributed by atoms with Crippen LogP contribution in [0, 0.1) is 11.8 Å². The Morgan fingerprint density at radius 3 is 2.83 bits per heavy atom. The highest BCUT2D eigenvalue weighted by Gasteiger charge is 2.35. The molecule has 1 N–H and O–H groups in total. The van der Waals surface area contributed by atoms with E-state index in [0.29, 0.717) is 12.0 Å². The van der Waals surface area contributed by atoms with Crippen LogP contribution in [0.15, 0.2) is 24.4 Å². The monoisotopic (exact) mass is 326 g/mol. The van der Waals surface area contributed by atoms with E-state index in [2.05, 4.69) is 24.3 Å². The Bertz CT molecular complexity index is 747. The van der Waals surface area contributed by atoms with Gasteiger partial charge in [-0.15, -0.1) is 0 Å². The first-order valence-electron chi connectivity index (χ1n) is 9.15. The average molecular weight is 326 g/mol. The van der Waals surface area contributed by atoms with Crippen molar-refractivity contribution >= 4 is 22.6 Å². The molecule has 128 valence electrons. The van der Waals surface area contributed by atoms with Crippen LogP contribution < -0.4 is 5.32 Å². The maximum atomic E-state index is 12.6. The second kappa shape index (κ2) is 6.11. The fourth-order valence-corrected chi connectivity index (χ4v) is 3.88. The van der Waals surface area contributed by atoms with E-state index in [1.54, 1.807) is 0 Å². The lowest BCUT2D eigenvalue weighted by atomic mass is 9.93. The minimum Gasteiger partial charge on any atom is -0.324 e. The third-order valence-corrected chi connectivity index (χ3v) is 5.37. The van der Waals surface area contributed by atoms with Gasteiger partial charge in [-0.3, -0.25) is 4.68 Å². The lowest BCUT2D eigenvalue weighted by molar-refractivity contribution is 0.170. The molecule has 1 atom stereocenters. The summed E-state index contributed by atoms with van der Waals surface area (Å²) in [6, 6.07) is 6.36. The van der Waals surface area contributed by atoms with Gasteiger partial charge in [0.05, 0.1) is 11.7 Å². The zero-order valence-electron chi connectivity index (χ0n) is 14.5. The number of urea groups is 1. The Hall–Kier alpha value is -2.04. The summed E-state index contributed by atoms with van der Waals surface area (Å²) >= 11 is 0. The number of piperidine rings is 1.